The molecule has 0 amide bonds. The molecule has 0 aromatic rings. The summed E-state index contributed by atoms with van der Waals surface area (Å²) >= 11 is 0. The zero-order chi connectivity index (χ0) is 5.14. The molecular weight excluding hydrogens is 104 g/mol. The van der Waals surface area contributed by atoms with Crippen LogP contribution in [0.25, 0.3) is 0 Å². The molecule has 2 bridgehead atoms. The summed E-state index contributed by atoms with van der Waals surface area (Å²) in [6.45, 7) is 0. The van der Waals surface area contributed by atoms with Crippen molar-refractivity contribution in [1.29, 1.82) is 0 Å². The first-order chi connectivity index (χ1) is 3.95. The standard InChI is InChI=1S/C6H7O2/c1-2-4-6-5(8-6)3(1)7-4/h3,5-6H,1-2H2. The van der Waals surface area contributed by atoms with E-state index in [1.807, 2.05) is 0 Å². The summed E-state index contributed by atoms with van der Waals surface area (Å²) in [5, 5.41) is 0. The molecule has 1 radical (unpaired) electrons. The molecule has 3 rings (SSSR count). The van der Waals surface area contributed by atoms with Crippen molar-refractivity contribution < 1.29 is 9.47 Å². The van der Waals surface area contributed by atoms with Crippen molar-refractivity contribution >= 4 is 0 Å². The molecule has 0 spiro atoms. The molecular formula is C6H7O2. The van der Waals surface area contributed by atoms with Crippen LogP contribution < -0.4 is 0 Å². The second-order valence-corrected chi connectivity index (χ2v) is 2.68. The van der Waals surface area contributed by atoms with Crippen molar-refractivity contribution in [3.63, 3.8) is 0 Å². The van der Waals surface area contributed by atoms with Gasteiger partial charge in [0.1, 0.15) is 18.3 Å². The lowest BCUT2D eigenvalue weighted by molar-refractivity contribution is 0.0763. The van der Waals surface area contributed by atoms with Crippen LogP contribution in [0.1, 0.15) is 12.8 Å². The monoisotopic (exact) mass is 111 g/mol. The summed E-state index contributed by atoms with van der Waals surface area (Å²) in [6.07, 6.45) is 4.96. The van der Waals surface area contributed by atoms with Gasteiger partial charge in [0.15, 0.2) is 0 Å². The zero-order valence-electron chi connectivity index (χ0n) is 4.46. The second kappa shape index (κ2) is 0.957. The Labute approximate surface area is 47.8 Å². The maximum absolute atomic E-state index is 5.43. The van der Waals surface area contributed by atoms with Crippen LogP contribution in [0.15, 0.2) is 0 Å². The molecule has 0 aromatic carbocycles. The molecule has 3 unspecified atom stereocenters. The van der Waals surface area contributed by atoms with E-state index in [1.54, 1.807) is 0 Å². The first kappa shape index (κ1) is 3.85. The van der Waals surface area contributed by atoms with Crippen LogP contribution in [0.4, 0.5) is 0 Å². The number of epoxide rings is 1. The lowest BCUT2D eigenvalue weighted by Gasteiger charge is -1.99. The first-order valence-electron chi connectivity index (χ1n) is 3.13. The Morgan fingerprint density at radius 1 is 1.50 bits per heavy atom. The van der Waals surface area contributed by atoms with Crippen molar-refractivity contribution in [3.05, 3.63) is 6.10 Å². The first-order valence-corrected chi connectivity index (χ1v) is 3.13. The summed E-state index contributed by atoms with van der Waals surface area (Å²) in [5.74, 6) is 0. The molecule has 0 aliphatic carbocycles. The van der Waals surface area contributed by atoms with Crippen molar-refractivity contribution in [1.82, 2.24) is 0 Å². The Morgan fingerprint density at radius 2 is 2.50 bits per heavy atom. The summed E-state index contributed by atoms with van der Waals surface area (Å²) in [4.78, 5) is 0. The largest absolute Gasteiger partial charge is 0.363 e. The number of ether oxygens (including phenoxy) is 2. The zero-order valence-corrected chi connectivity index (χ0v) is 4.46. The third kappa shape index (κ3) is 0.273. The van der Waals surface area contributed by atoms with Gasteiger partial charge in [0.05, 0.1) is 6.10 Å². The average molecular weight is 111 g/mol. The SMILES string of the molecule is C1CC2O[C]1C1OC21. The highest BCUT2D eigenvalue weighted by Crippen LogP contribution is 2.52. The normalized spacial score (nSPS) is 59.2. The Bertz CT molecular complexity index is 120. The van der Waals surface area contributed by atoms with Gasteiger partial charge in [0.25, 0.3) is 0 Å². The molecule has 8 heavy (non-hydrogen) atoms. The fourth-order valence-corrected chi connectivity index (χ4v) is 1.70. The third-order valence-electron chi connectivity index (χ3n) is 2.19. The lowest BCUT2D eigenvalue weighted by Crippen LogP contribution is -2.09. The van der Waals surface area contributed by atoms with Gasteiger partial charge in [-0.3, -0.25) is 0 Å². The van der Waals surface area contributed by atoms with Crippen LogP contribution >= 0.6 is 0 Å². The van der Waals surface area contributed by atoms with Crippen molar-refractivity contribution in [3.8, 4) is 0 Å². The molecule has 0 aromatic heterocycles. The van der Waals surface area contributed by atoms with Gasteiger partial charge in [-0.25, -0.2) is 0 Å². The topological polar surface area (TPSA) is 21.8 Å². The van der Waals surface area contributed by atoms with Gasteiger partial charge in [0.2, 0.25) is 0 Å². The van der Waals surface area contributed by atoms with Crippen LogP contribution in [0.5, 0.6) is 0 Å². The van der Waals surface area contributed by atoms with E-state index in [0.29, 0.717) is 18.3 Å². The average Bonchev–Trinajstić information content (AvgIpc) is 2.39. The van der Waals surface area contributed by atoms with E-state index in [2.05, 4.69) is 0 Å². The molecule has 3 heterocycles. The van der Waals surface area contributed by atoms with Crippen LogP contribution in [0.3, 0.4) is 0 Å². The second-order valence-electron chi connectivity index (χ2n) is 2.68. The molecule has 2 nitrogen and oxygen atoms in total. The van der Waals surface area contributed by atoms with E-state index in [-0.39, 0.29) is 0 Å². The van der Waals surface area contributed by atoms with Crippen LogP contribution in [-0.4, -0.2) is 18.3 Å². The van der Waals surface area contributed by atoms with Crippen molar-refractivity contribution in [2.24, 2.45) is 0 Å². The molecule has 0 N–H and O–H groups in total. The van der Waals surface area contributed by atoms with Crippen molar-refractivity contribution in [2.45, 2.75) is 31.2 Å². The minimum Gasteiger partial charge on any atom is -0.363 e. The molecule has 3 fully saturated rings. The highest BCUT2D eigenvalue weighted by atomic mass is 16.7. The number of hydrogen-bond donors (Lipinski definition) is 0. The fourth-order valence-electron chi connectivity index (χ4n) is 1.70. The van der Waals surface area contributed by atoms with Gasteiger partial charge in [-0.05, 0) is 12.8 Å². The van der Waals surface area contributed by atoms with Gasteiger partial charge < -0.3 is 9.47 Å². The molecule has 2 heteroatoms. The molecule has 3 atom stereocenters. The van der Waals surface area contributed by atoms with Gasteiger partial charge in [-0.1, -0.05) is 0 Å². The smallest absolute Gasteiger partial charge is 0.129 e. The van der Waals surface area contributed by atoms with Gasteiger partial charge in [0, 0.05) is 0 Å². The minimum atomic E-state index is 0.439. The number of fused-ring (bicyclic) bond motifs is 5. The van der Waals surface area contributed by atoms with Crippen molar-refractivity contribution in [2.75, 3.05) is 0 Å². The van der Waals surface area contributed by atoms with Crippen LogP contribution in [0, 0.1) is 6.10 Å². The predicted molar refractivity (Wildman–Crippen MR) is 26.0 cm³/mol. The predicted octanol–water partition coefficient (Wildman–Crippen LogP) is 0.478. The molecule has 0 saturated carbocycles. The maximum Gasteiger partial charge on any atom is 0.129 e. The number of rotatable bonds is 0. The number of hydrogen-bond acceptors (Lipinski definition) is 2. The fraction of sp³-hybridized carbons (Fsp3) is 0.833. The third-order valence-corrected chi connectivity index (χ3v) is 2.19. The van der Waals surface area contributed by atoms with Crippen LogP contribution in [-0.2, 0) is 9.47 Å². The Kier molecular flexibility index (Phi) is 0.461. The Balaban J connectivity index is 2.02. The van der Waals surface area contributed by atoms with Gasteiger partial charge >= 0.3 is 0 Å². The molecule has 3 aliphatic rings. The van der Waals surface area contributed by atoms with E-state index in [9.17, 15) is 0 Å². The Morgan fingerprint density at radius 3 is 3.00 bits per heavy atom. The lowest BCUT2D eigenvalue weighted by atomic mass is 10.0. The maximum atomic E-state index is 5.43. The molecule has 3 saturated heterocycles. The van der Waals surface area contributed by atoms with Crippen LogP contribution in [0.2, 0.25) is 0 Å². The minimum absolute atomic E-state index is 0.439. The molecule has 43 valence electrons. The summed E-state index contributed by atoms with van der Waals surface area (Å²) in [5.41, 5.74) is 0. The van der Waals surface area contributed by atoms with E-state index < -0.39 is 0 Å². The molecule has 3 aliphatic heterocycles. The summed E-state index contributed by atoms with van der Waals surface area (Å²) in [7, 11) is 0. The van der Waals surface area contributed by atoms with E-state index in [0.717, 1.165) is 6.42 Å². The van der Waals surface area contributed by atoms with Gasteiger partial charge in [-0.2, -0.15) is 0 Å². The van der Waals surface area contributed by atoms with E-state index >= 15 is 0 Å². The van der Waals surface area contributed by atoms with Gasteiger partial charge in [-0.15, -0.1) is 0 Å². The highest BCUT2D eigenvalue weighted by molar-refractivity contribution is 5.17. The van der Waals surface area contributed by atoms with E-state index in [4.69, 9.17) is 9.47 Å². The summed E-state index contributed by atoms with van der Waals surface area (Å²) < 4.78 is 10.7. The van der Waals surface area contributed by atoms with E-state index in [1.165, 1.54) is 12.5 Å². The quantitative estimate of drug-likeness (QED) is 0.424. The summed E-state index contributed by atoms with van der Waals surface area (Å²) in [6, 6.07) is 0. The Hall–Kier alpha value is -0.0800. The highest BCUT2D eigenvalue weighted by Gasteiger charge is 2.61.